The van der Waals surface area contributed by atoms with E-state index in [4.69, 9.17) is 10.2 Å². The number of nitrogens with two attached hydrogens (primary N) is 1. The molecular formula is C13H10N2O3S. The van der Waals surface area contributed by atoms with E-state index in [1.807, 2.05) is 12.1 Å². The van der Waals surface area contributed by atoms with Crippen LogP contribution in [0.5, 0.6) is 0 Å². The third-order valence-electron chi connectivity index (χ3n) is 2.83. The van der Waals surface area contributed by atoms with Gasteiger partial charge in [-0.25, -0.2) is 4.98 Å². The molecule has 0 saturated carbocycles. The smallest absolute Gasteiger partial charge is 0.206 e. The molecule has 0 bridgehead atoms. The van der Waals surface area contributed by atoms with Crippen molar-refractivity contribution in [3.8, 4) is 11.5 Å². The zero-order chi connectivity index (χ0) is 13.6. The Balaban J connectivity index is 2.54. The average molecular weight is 274 g/mol. The van der Waals surface area contributed by atoms with E-state index in [2.05, 4.69) is 4.98 Å². The Morgan fingerprint density at radius 3 is 2.79 bits per heavy atom. The predicted octanol–water partition coefficient (Wildman–Crippen LogP) is 1.61. The minimum atomic E-state index is -1.42. The van der Waals surface area contributed by atoms with Gasteiger partial charge in [-0.05, 0) is 12.1 Å². The van der Waals surface area contributed by atoms with Crippen molar-refractivity contribution in [2.75, 3.05) is 12.0 Å². The molecule has 3 rings (SSSR count). The van der Waals surface area contributed by atoms with Crippen LogP contribution in [-0.2, 0) is 10.8 Å². The van der Waals surface area contributed by atoms with Crippen LogP contribution in [0.2, 0.25) is 0 Å². The number of aromatic nitrogens is 1. The van der Waals surface area contributed by atoms with Gasteiger partial charge in [0, 0.05) is 12.3 Å². The molecule has 0 aromatic heterocycles. The lowest BCUT2D eigenvalue weighted by molar-refractivity contribution is 0.609. The van der Waals surface area contributed by atoms with Crippen molar-refractivity contribution in [3.05, 3.63) is 40.6 Å². The number of rotatable bonds is 1. The van der Waals surface area contributed by atoms with Gasteiger partial charge in [0.2, 0.25) is 5.43 Å². The van der Waals surface area contributed by atoms with Crippen molar-refractivity contribution in [2.45, 2.75) is 4.90 Å². The van der Waals surface area contributed by atoms with Crippen molar-refractivity contribution < 1.29 is 8.63 Å². The second-order valence-electron chi connectivity index (χ2n) is 4.10. The summed E-state index contributed by atoms with van der Waals surface area (Å²) < 4.78 is 17.4. The zero-order valence-corrected chi connectivity index (χ0v) is 10.9. The van der Waals surface area contributed by atoms with Crippen LogP contribution in [-0.4, -0.2) is 15.4 Å². The van der Waals surface area contributed by atoms with Crippen LogP contribution in [0.25, 0.3) is 22.6 Å². The fourth-order valence-electron chi connectivity index (χ4n) is 1.97. The number of nitrogens with zero attached hydrogens (tertiary/aromatic N) is 1. The average Bonchev–Trinajstić information content (AvgIpc) is 2.37. The number of benzene rings is 2. The van der Waals surface area contributed by atoms with Gasteiger partial charge in [-0.2, -0.15) is 0 Å². The molecule has 6 heteroatoms. The van der Waals surface area contributed by atoms with E-state index in [1.54, 1.807) is 12.1 Å². The lowest BCUT2D eigenvalue weighted by Crippen LogP contribution is -2.14. The number of fused-ring (bicyclic) bond motifs is 2. The maximum atomic E-state index is 11.8. The predicted molar refractivity (Wildman–Crippen MR) is 73.6 cm³/mol. The molecule has 96 valence electrons. The molecule has 5 nitrogen and oxygen atoms in total. The topological polar surface area (TPSA) is 86.2 Å². The van der Waals surface area contributed by atoms with Gasteiger partial charge in [0.05, 0.1) is 21.4 Å². The summed E-state index contributed by atoms with van der Waals surface area (Å²) >= 11 is 0. The van der Waals surface area contributed by atoms with Gasteiger partial charge in [0.25, 0.3) is 0 Å². The fraction of sp³-hybridized carbons (Fsp3) is 0.0769. The first-order valence-corrected chi connectivity index (χ1v) is 7.09. The third-order valence-corrected chi connectivity index (χ3v) is 3.81. The Kier molecular flexibility index (Phi) is 2.60. The molecule has 0 unspecified atom stereocenters. The Hall–Kier alpha value is -2.21. The lowest BCUT2D eigenvalue weighted by atomic mass is 10.2. The highest BCUT2D eigenvalue weighted by Crippen LogP contribution is 2.30. The van der Waals surface area contributed by atoms with E-state index in [9.17, 15) is 9.00 Å². The summed E-state index contributed by atoms with van der Waals surface area (Å²) in [5, 5.41) is 0. The van der Waals surface area contributed by atoms with E-state index in [1.165, 1.54) is 12.3 Å². The number of para-hydroxylation sites is 2. The molecular weight excluding hydrogens is 264 g/mol. The lowest BCUT2D eigenvalue weighted by Gasteiger charge is -2.11. The Morgan fingerprint density at radius 1 is 1.32 bits per heavy atom. The molecule has 2 aliphatic rings. The van der Waals surface area contributed by atoms with E-state index in [-0.39, 0.29) is 10.6 Å². The summed E-state index contributed by atoms with van der Waals surface area (Å²) in [7, 11) is -1.42. The second-order valence-corrected chi connectivity index (χ2v) is 5.42. The molecule has 1 aromatic rings. The molecule has 1 heterocycles. The number of hydrogen-bond donors (Lipinski definition) is 1. The molecule has 0 radical (unpaired) electrons. The van der Waals surface area contributed by atoms with Crippen LogP contribution in [0.15, 0.2) is 44.4 Å². The van der Waals surface area contributed by atoms with Crippen LogP contribution in [0, 0.1) is 0 Å². The Labute approximate surface area is 110 Å². The van der Waals surface area contributed by atoms with E-state index in [0.717, 1.165) is 0 Å². The fourth-order valence-corrected chi connectivity index (χ4v) is 2.79. The van der Waals surface area contributed by atoms with E-state index in [0.29, 0.717) is 22.6 Å². The van der Waals surface area contributed by atoms with Crippen molar-refractivity contribution in [1.29, 1.82) is 0 Å². The molecule has 0 fully saturated rings. The van der Waals surface area contributed by atoms with Crippen LogP contribution >= 0.6 is 0 Å². The maximum Gasteiger partial charge on any atom is 0.206 e. The van der Waals surface area contributed by atoms with Gasteiger partial charge < -0.3 is 10.2 Å². The largest absolute Gasteiger partial charge is 0.453 e. The normalized spacial score (nSPS) is 12.9. The van der Waals surface area contributed by atoms with Gasteiger partial charge in [-0.15, -0.1) is 0 Å². The van der Waals surface area contributed by atoms with Crippen molar-refractivity contribution in [3.63, 3.8) is 0 Å². The Morgan fingerprint density at radius 2 is 2.05 bits per heavy atom. The SMILES string of the molecule is C[S@](=O)c1c2nc3ccccc3oc-2cc(=O)c1N. The van der Waals surface area contributed by atoms with Crippen LogP contribution < -0.4 is 11.2 Å². The summed E-state index contributed by atoms with van der Waals surface area (Å²) in [6.07, 6.45) is 1.46. The number of hydrogen-bond acceptors (Lipinski definition) is 5. The minimum absolute atomic E-state index is 0.0358. The summed E-state index contributed by atoms with van der Waals surface area (Å²) in [4.78, 5) is 16.4. The molecule has 1 aliphatic carbocycles. The first kappa shape index (κ1) is 11.9. The van der Waals surface area contributed by atoms with Crippen molar-refractivity contribution in [1.82, 2.24) is 4.98 Å². The second kappa shape index (κ2) is 4.17. The third kappa shape index (κ3) is 1.80. The van der Waals surface area contributed by atoms with Crippen molar-refractivity contribution in [2.24, 2.45) is 0 Å². The summed E-state index contributed by atoms with van der Waals surface area (Å²) in [5.41, 5.74) is 6.83. The molecule has 0 amide bonds. The van der Waals surface area contributed by atoms with Gasteiger partial charge in [-0.1, -0.05) is 12.1 Å². The highest BCUT2D eigenvalue weighted by molar-refractivity contribution is 7.84. The molecule has 19 heavy (non-hydrogen) atoms. The first-order chi connectivity index (χ1) is 9.08. The van der Waals surface area contributed by atoms with Gasteiger partial charge in [0.15, 0.2) is 11.3 Å². The highest BCUT2D eigenvalue weighted by atomic mass is 32.2. The molecule has 2 N–H and O–H groups in total. The number of anilines is 1. The van der Waals surface area contributed by atoms with Gasteiger partial charge in [0.1, 0.15) is 11.2 Å². The maximum absolute atomic E-state index is 11.8. The molecule has 0 saturated heterocycles. The van der Waals surface area contributed by atoms with Crippen LogP contribution in [0.1, 0.15) is 0 Å². The van der Waals surface area contributed by atoms with Gasteiger partial charge in [-0.3, -0.25) is 9.00 Å². The zero-order valence-electron chi connectivity index (χ0n) is 10.0. The molecule has 1 atom stereocenters. The summed E-state index contributed by atoms with van der Waals surface area (Å²) in [6, 6.07) is 8.45. The van der Waals surface area contributed by atoms with Crippen LogP contribution in [0.3, 0.4) is 0 Å². The first-order valence-electron chi connectivity index (χ1n) is 5.53. The van der Waals surface area contributed by atoms with Gasteiger partial charge >= 0.3 is 0 Å². The summed E-state index contributed by atoms with van der Waals surface area (Å²) in [6.45, 7) is 0. The highest BCUT2D eigenvalue weighted by Gasteiger charge is 2.21. The number of nitrogen functional groups attached to an aromatic ring is 1. The Bertz CT molecular complexity index is 841. The van der Waals surface area contributed by atoms with Crippen LogP contribution in [0.4, 0.5) is 5.69 Å². The monoisotopic (exact) mass is 274 g/mol. The minimum Gasteiger partial charge on any atom is -0.453 e. The standard InChI is InChI=1S/C13H10N2O3S/c1-19(17)13-11(14)8(16)6-10-12(13)15-7-4-2-3-5-9(7)18-10/h2-6H,14H2,1H3/t19-/m0/s1. The quantitative estimate of drug-likeness (QED) is 0.538. The van der Waals surface area contributed by atoms with Crippen molar-refractivity contribution >= 4 is 27.6 Å². The molecule has 1 aliphatic heterocycles. The van der Waals surface area contributed by atoms with E-state index < -0.39 is 16.2 Å². The molecule has 0 spiro atoms. The van der Waals surface area contributed by atoms with E-state index >= 15 is 0 Å². The molecule has 1 aromatic carbocycles. The summed E-state index contributed by atoms with van der Waals surface area (Å²) in [5.74, 6) is 0.295.